The van der Waals surface area contributed by atoms with Crippen LogP contribution in [0.25, 0.3) is 0 Å². The van der Waals surface area contributed by atoms with E-state index in [4.69, 9.17) is 4.74 Å². The van der Waals surface area contributed by atoms with Crippen molar-refractivity contribution in [2.45, 2.75) is 20.5 Å². The van der Waals surface area contributed by atoms with E-state index in [0.29, 0.717) is 5.56 Å². The molecule has 0 atom stereocenters. The number of carbonyl (C=O) groups excluding carboxylic acids is 2. The quantitative estimate of drug-likeness (QED) is 0.676. The highest BCUT2D eigenvalue weighted by molar-refractivity contribution is 6.05. The molecule has 0 fully saturated rings. The highest BCUT2D eigenvalue weighted by Gasteiger charge is 2.19. The van der Waals surface area contributed by atoms with Gasteiger partial charge < -0.3 is 9.72 Å². The predicted octanol–water partition coefficient (Wildman–Crippen LogP) is 2.88. The lowest BCUT2D eigenvalue weighted by Gasteiger charge is -2.05. The number of hydrogen-bond acceptors (Lipinski definition) is 3. The molecular formula is C15H15NO3. The second-order valence-electron chi connectivity index (χ2n) is 4.34. The Morgan fingerprint density at radius 2 is 1.89 bits per heavy atom. The molecule has 19 heavy (non-hydrogen) atoms. The number of Topliss-reactive ketones (excluding diaryl/α,β-unsaturated/α-hetero) is 1. The molecule has 1 aromatic carbocycles. The van der Waals surface area contributed by atoms with E-state index in [1.807, 2.05) is 30.3 Å². The molecule has 0 spiro atoms. The van der Waals surface area contributed by atoms with Gasteiger partial charge in [-0.15, -0.1) is 0 Å². The molecule has 1 heterocycles. The van der Waals surface area contributed by atoms with Gasteiger partial charge >= 0.3 is 5.97 Å². The highest BCUT2D eigenvalue weighted by Crippen LogP contribution is 2.15. The number of ether oxygens (including phenoxy) is 1. The molecule has 0 aliphatic rings. The number of ketones is 1. The minimum Gasteiger partial charge on any atom is -0.456 e. The van der Waals surface area contributed by atoms with Gasteiger partial charge in [-0.25, -0.2) is 4.79 Å². The van der Waals surface area contributed by atoms with Crippen LogP contribution in [0.1, 0.15) is 38.9 Å². The van der Waals surface area contributed by atoms with Crippen LogP contribution in [0.5, 0.6) is 0 Å². The number of benzene rings is 1. The van der Waals surface area contributed by atoms with Crippen molar-refractivity contribution < 1.29 is 14.3 Å². The number of nitrogens with one attached hydrogen (secondary N) is 1. The Hall–Kier alpha value is -2.36. The van der Waals surface area contributed by atoms with Gasteiger partial charge in [0.25, 0.3) is 0 Å². The number of H-pyrrole nitrogens is 1. The molecule has 0 bridgehead atoms. The van der Waals surface area contributed by atoms with Crippen LogP contribution in [-0.4, -0.2) is 16.7 Å². The molecule has 2 aromatic rings. The third-order valence-corrected chi connectivity index (χ3v) is 2.85. The molecule has 0 radical (unpaired) electrons. The number of aryl methyl sites for hydroxylation is 1. The minimum absolute atomic E-state index is 0.148. The number of hydrogen-bond donors (Lipinski definition) is 1. The zero-order valence-corrected chi connectivity index (χ0v) is 10.9. The summed E-state index contributed by atoms with van der Waals surface area (Å²) in [5.74, 6) is -0.660. The lowest BCUT2D eigenvalue weighted by molar-refractivity contribution is 0.0463. The van der Waals surface area contributed by atoms with E-state index in [1.54, 1.807) is 13.1 Å². The Kier molecular flexibility index (Phi) is 3.80. The third kappa shape index (κ3) is 2.91. The topological polar surface area (TPSA) is 59.2 Å². The van der Waals surface area contributed by atoms with Gasteiger partial charge in [0.05, 0.1) is 5.56 Å². The third-order valence-electron chi connectivity index (χ3n) is 2.85. The summed E-state index contributed by atoms with van der Waals surface area (Å²) in [6.45, 7) is 3.40. The smallest absolute Gasteiger partial charge is 0.355 e. The van der Waals surface area contributed by atoms with Gasteiger partial charge in [-0.3, -0.25) is 4.79 Å². The van der Waals surface area contributed by atoms with Crippen molar-refractivity contribution in [1.29, 1.82) is 0 Å². The van der Waals surface area contributed by atoms with E-state index in [2.05, 4.69) is 4.98 Å². The van der Waals surface area contributed by atoms with Crippen LogP contribution in [0.4, 0.5) is 0 Å². The maximum atomic E-state index is 12.0. The monoisotopic (exact) mass is 257 g/mol. The molecule has 0 saturated heterocycles. The van der Waals surface area contributed by atoms with Gasteiger partial charge in [-0.1, -0.05) is 30.3 Å². The first-order valence-corrected chi connectivity index (χ1v) is 5.99. The van der Waals surface area contributed by atoms with Crippen molar-refractivity contribution in [3.63, 3.8) is 0 Å². The van der Waals surface area contributed by atoms with Gasteiger partial charge in [0.2, 0.25) is 0 Å². The van der Waals surface area contributed by atoms with E-state index in [0.717, 1.165) is 11.1 Å². The first-order chi connectivity index (χ1) is 9.09. The molecule has 0 amide bonds. The van der Waals surface area contributed by atoms with Crippen LogP contribution in [-0.2, 0) is 11.3 Å². The molecule has 98 valence electrons. The Morgan fingerprint density at radius 3 is 2.53 bits per heavy atom. The number of aromatic amines is 1. The summed E-state index contributed by atoms with van der Waals surface area (Å²) in [7, 11) is 0. The SMILES string of the molecule is CC(=O)c1c(C)c[nH]c1C(=O)OCc1ccccc1. The molecule has 1 aromatic heterocycles. The van der Waals surface area contributed by atoms with Gasteiger partial charge in [0, 0.05) is 6.20 Å². The largest absolute Gasteiger partial charge is 0.456 e. The Labute approximate surface area is 111 Å². The van der Waals surface area contributed by atoms with Crippen LogP contribution in [0, 0.1) is 6.92 Å². The molecule has 1 N–H and O–H groups in total. The standard InChI is InChI=1S/C15H15NO3/c1-10-8-16-14(13(10)11(2)17)15(18)19-9-12-6-4-3-5-7-12/h3-8,16H,9H2,1-2H3. The van der Waals surface area contributed by atoms with E-state index in [1.165, 1.54) is 6.92 Å². The molecule has 4 nitrogen and oxygen atoms in total. The maximum Gasteiger partial charge on any atom is 0.355 e. The number of esters is 1. The summed E-state index contributed by atoms with van der Waals surface area (Å²) in [6.07, 6.45) is 1.63. The van der Waals surface area contributed by atoms with Crippen molar-refractivity contribution in [2.24, 2.45) is 0 Å². The summed E-state index contributed by atoms with van der Waals surface area (Å²) in [6, 6.07) is 9.40. The number of aromatic nitrogens is 1. The number of carbonyl (C=O) groups is 2. The normalized spacial score (nSPS) is 10.2. The fourth-order valence-corrected chi connectivity index (χ4v) is 1.93. The van der Waals surface area contributed by atoms with Gasteiger partial charge in [-0.05, 0) is 25.0 Å². The van der Waals surface area contributed by atoms with Gasteiger partial charge in [-0.2, -0.15) is 0 Å². The highest BCUT2D eigenvalue weighted by atomic mass is 16.5. The first kappa shape index (κ1) is 13.1. The van der Waals surface area contributed by atoms with Crippen molar-refractivity contribution in [3.8, 4) is 0 Å². The predicted molar refractivity (Wildman–Crippen MR) is 71.1 cm³/mol. The zero-order chi connectivity index (χ0) is 13.8. The Bertz CT molecular complexity index is 599. The average Bonchev–Trinajstić information content (AvgIpc) is 2.79. The summed E-state index contributed by atoms with van der Waals surface area (Å²) >= 11 is 0. The maximum absolute atomic E-state index is 12.0. The molecular weight excluding hydrogens is 242 g/mol. The van der Waals surface area contributed by atoms with Gasteiger partial charge in [0.15, 0.2) is 5.78 Å². The minimum atomic E-state index is -0.512. The molecule has 2 rings (SSSR count). The number of rotatable bonds is 4. The van der Waals surface area contributed by atoms with Crippen LogP contribution in [0.3, 0.4) is 0 Å². The van der Waals surface area contributed by atoms with Crippen molar-refractivity contribution in [2.75, 3.05) is 0 Å². The van der Waals surface area contributed by atoms with Crippen LogP contribution >= 0.6 is 0 Å². The van der Waals surface area contributed by atoms with Gasteiger partial charge in [0.1, 0.15) is 12.3 Å². The van der Waals surface area contributed by atoms with Crippen LogP contribution in [0.2, 0.25) is 0 Å². The zero-order valence-electron chi connectivity index (χ0n) is 10.9. The molecule has 0 aliphatic carbocycles. The first-order valence-electron chi connectivity index (χ1n) is 5.99. The Morgan fingerprint density at radius 1 is 1.21 bits per heavy atom. The molecule has 0 aliphatic heterocycles. The van der Waals surface area contributed by atoms with Crippen molar-refractivity contribution in [3.05, 3.63) is 58.9 Å². The van der Waals surface area contributed by atoms with Crippen molar-refractivity contribution >= 4 is 11.8 Å². The van der Waals surface area contributed by atoms with Crippen LogP contribution in [0.15, 0.2) is 36.5 Å². The summed E-state index contributed by atoms with van der Waals surface area (Å²) in [5.41, 5.74) is 2.28. The fraction of sp³-hybridized carbons (Fsp3) is 0.200. The lowest BCUT2D eigenvalue weighted by atomic mass is 10.1. The van der Waals surface area contributed by atoms with E-state index in [9.17, 15) is 9.59 Å². The summed E-state index contributed by atoms with van der Waals surface area (Å²) in [5, 5.41) is 0. The molecule has 0 saturated carbocycles. The van der Waals surface area contributed by atoms with E-state index < -0.39 is 5.97 Å². The van der Waals surface area contributed by atoms with E-state index >= 15 is 0 Å². The second-order valence-corrected chi connectivity index (χ2v) is 4.34. The average molecular weight is 257 g/mol. The molecule has 0 unspecified atom stereocenters. The lowest BCUT2D eigenvalue weighted by Crippen LogP contribution is -2.10. The van der Waals surface area contributed by atoms with Crippen LogP contribution < -0.4 is 0 Å². The summed E-state index contributed by atoms with van der Waals surface area (Å²) in [4.78, 5) is 26.2. The summed E-state index contributed by atoms with van der Waals surface area (Å²) < 4.78 is 5.20. The second kappa shape index (κ2) is 5.52. The Balaban J connectivity index is 2.11. The molecule has 4 heteroatoms. The fourth-order valence-electron chi connectivity index (χ4n) is 1.93. The van der Waals surface area contributed by atoms with E-state index in [-0.39, 0.29) is 18.1 Å². The van der Waals surface area contributed by atoms with Crippen molar-refractivity contribution in [1.82, 2.24) is 4.98 Å².